The van der Waals surface area contributed by atoms with Crippen molar-refractivity contribution in [1.82, 2.24) is 10.2 Å². The van der Waals surface area contributed by atoms with Gasteiger partial charge in [-0.3, -0.25) is 4.90 Å². The van der Waals surface area contributed by atoms with Crippen LogP contribution in [-0.4, -0.2) is 57.0 Å². The zero-order chi connectivity index (χ0) is 13.3. The molecule has 0 fully saturated rings. The summed E-state index contributed by atoms with van der Waals surface area (Å²) in [5, 5.41) is 3.09. The Kier molecular flexibility index (Phi) is 8.55. The highest BCUT2D eigenvalue weighted by Crippen LogP contribution is 2.14. The molecule has 0 bridgehead atoms. The highest BCUT2D eigenvalue weighted by molar-refractivity contribution is 4.60. The van der Waals surface area contributed by atoms with Crippen LogP contribution in [0, 0.1) is 0 Å². The van der Waals surface area contributed by atoms with E-state index in [0.717, 1.165) is 13.0 Å². The number of ether oxygens (including phenoxy) is 1. The van der Waals surface area contributed by atoms with Gasteiger partial charge in [-0.25, -0.2) is 0 Å². The van der Waals surface area contributed by atoms with Gasteiger partial charge in [0.05, 0.1) is 12.6 Å². The monoisotopic (exact) mass is 256 g/mol. The van der Waals surface area contributed by atoms with Crippen LogP contribution in [0.25, 0.3) is 0 Å². The largest absolute Gasteiger partial charge is 0.401 e. The second-order valence-electron chi connectivity index (χ2n) is 4.38. The summed E-state index contributed by atoms with van der Waals surface area (Å²) in [5.41, 5.74) is 0. The Labute approximate surface area is 101 Å². The van der Waals surface area contributed by atoms with Crippen LogP contribution in [0.4, 0.5) is 13.2 Å². The maximum atomic E-state index is 12.0. The molecule has 17 heavy (non-hydrogen) atoms. The van der Waals surface area contributed by atoms with Crippen LogP contribution in [0.1, 0.15) is 20.3 Å². The molecule has 6 heteroatoms. The van der Waals surface area contributed by atoms with Gasteiger partial charge in [-0.05, 0) is 33.9 Å². The molecule has 0 amide bonds. The van der Waals surface area contributed by atoms with Crippen LogP contribution in [-0.2, 0) is 4.74 Å². The molecule has 0 unspecified atom stereocenters. The molecule has 0 rings (SSSR count). The van der Waals surface area contributed by atoms with Gasteiger partial charge in [0.15, 0.2) is 0 Å². The molecule has 3 nitrogen and oxygen atoms in total. The number of hydrogen-bond acceptors (Lipinski definition) is 3. The van der Waals surface area contributed by atoms with E-state index in [-0.39, 0.29) is 6.10 Å². The first-order valence-corrected chi connectivity index (χ1v) is 5.89. The fourth-order valence-corrected chi connectivity index (χ4v) is 1.30. The average molecular weight is 256 g/mol. The predicted molar refractivity (Wildman–Crippen MR) is 62.1 cm³/mol. The van der Waals surface area contributed by atoms with Crippen LogP contribution in [0.5, 0.6) is 0 Å². The van der Waals surface area contributed by atoms with E-state index in [9.17, 15) is 13.2 Å². The van der Waals surface area contributed by atoms with Gasteiger partial charge >= 0.3 is 6.18 Å². The van der Waals surface area contributed by atoms with Crippen molar-refractivity contribution in [1.29, 1.82) is 0 Å². The number of likely N-dealkylation sites (N-methyl/N-ethyl adjacent to an activating group) is 1. The van der Waals surface area contributed by atoms with Crippen molar-refractivity contribution in [2.45, 2.75) is 32.5 Å². The van der Waals surface area contributed by atoms with Gasteiger partial charge in [-0.1, -0.05) is 0 Å². The molecule has 0 aromatic heterocycles. The van der Waals surface area contributed by atoms with E-state index in [1.54, 1.807) is 0 Å². The number of rotatable bonds is 9. The summed E-state index contributed by atoms with van der Waals surface area (Å²) >= 11 is 0. The zero-order valence-corrected chi connectivity index (χ0v) is 10.8. The molecule has 0 aromatic carbocycles. The first kappa shape index (κ1) is 16.7. The molecule has 0 radical (unpaired) electrons. The van der Waals surface area contributed by atoms with Crippen LogP contribution < -0.4 is 5.32 Å². The van der Waals surface area contributed by atoms with E-state index in [0.29, 0.717) is 19.7 Å². The summed E-state index contributed by atoms with van der Waals surface area (Å²) in [5.74, 6) is 0. The summed E-state index contributed by atoms with van der Waals surface area (Å²) in [6.07, 6.45) is -3.01. The van der Waals surface area contributed by atoms with Crippen molar-refractivity contribution in [2.75, 3.05) is 39.8 Å². The number of nitrogens with zero attached hydrogens (tertiary/aromatic N) is 1. The van der Waals surface area contributed by atoms with E-state index in [1.165, 1.54) is 11.9 Å². The predicted octanol–water partition coefficient (Wildman–Crippen LogP) is 1.89. The highest BCUT2D eigenvalue weighted by Gasteiger charge is 2.28. The quantitative estimate of drug-likeness (QED) is 0.638. The van der Waals surface area contributed by atoms with Crippen LogP contribution in [0.3, 0.4) is 0 Å². The lowest BCUT2D eigenvalue weighted by molar-refractivity contribution is -0.142. The van der Waals surface area contributed by atoms with Crippen molar-refractivity contribution in [3.8, 4) is 0 Å². The lowest BCUT2D eigenvalue weighted by Gasteiger charge is -2.18. The summed E-state index contributed by atoms with van der Waals surface area (Å²) in [4.78, 5) is 1.26. The van der Waals surface area contributed by atoms with Crippen molar-refractivity contribution >= 4 is 0 Å². The highest BCUT2D eigenvalue weighted by atomic mass is 19.4. The molecule has 0 saturated heterocycles. The van der Waals surface area contributed by atoms with Crippen molar-refractivity contribution in [2.24, 2.45) is 0 Å². The maximum Gasteiger partial charge on any atom is 0.401 e. The normalized spacial score (nSPS) is 12.7. The van der Waals surface area contributed by atoms with E-state index >= 15 is 0 Å². The molecule has 0 aliphatic heterocycles. The number of hydrogen-bond donors (Lipinski definition) is 1. The molecule has 0 heterocycles. The van der Waals surface area contributed by atoms with E-state index in [2.05, 4.69) is 5.32 Å². The van der Waals surface area contributed by atoms with Gasteiger partial charge in [-0.2, -0.15) is 13.2 Å². The lowest BCUT2D eigenvalue weighted by atomic mass is 10.4. The third-order valence-corrected chi connectivity index (χ3v) is 2.07. The lowest BCUT2D eigenvalue weighted by Crippen LogP contribution is -2.36. The van der Waals surface area contributed by atoms with E-state index < -0.39 is 12.7 Å². The third kappa shape index (κ3) is 13.6. The fourth-order valence-electron chi connectivity index (χ4n) is 1.30. The number of alkyl halides is 3. The molecule has 0 atom stereocenters. The van der Waals surface area contributed by atoms with Crippen molar-refractivity contribution in [3.63, 3.8) is 0 Å². The van der Waals surface area contributed by atoms with E-state index in [4.69, 9.17) is 4.74 Å². The van der Waals surface area contributed by atoms with Crippen LogP contribution in [0.2, 0.25) is 0 Å². The van der Waals surface area contributed by atoms with Gasteiger partial charge < -0.3 is 10.1 Å². The second kappa shape index (κ2) is 8.72. The Balaban J connectivity index is 3.28. The first-order chi connectivity index (χ1) is 7.81. The second-order valence-corrected chi connectivity index (χ2v) is 4.38. The molecule has 1 N–H and O–H groups in total. The van der Waals surface area contributed by atoms with Gasteiger partial charge in [0.2, 0.25) is 0 Å². The molecule has 0 spiro atoms. The van der Waals surface area contributed by atoms with Gasteiger partial charge in [-0.15, -0.1) is 0 Å². The minimum atomic E-state index is -4.11. The van der Waals surface area contributed by atoms with Gasteiger partial charge in [0.25, 0.3) is 0 Å². The Hall–Kier alpha value is -0.330. The van der Waals surface area contributed by atoms with Gasteiger partial charge in [0, 0.05) is 19.7 Å². The summed E-state index contributed by atoms with van der Waals surface area (Å²) < 4.78 is 41.3. The van der Waals surface area contributed by atoms with Crippen molar-refractivity contribution in [3.05, 3.63) is 0 Å². The molecule has 0 saturated carbocycles. The number of halogens is 3. The summed E-state index contributed by atoms with van der Waals surface area (Å²) in [6, 6.07) is 0. The molecular weight excluding hydrogens is 233 g/mol. The van der Waals surface area contributed by atoms with Crippen LogP contribution in [0.15, 0.2) is 0 Å². The molecule has 104 valence electrons. The van der Waals surface area contributed by atoms with Gasteiger partial charge in [0.1, 0.15) is 0 Å². The topological polar surface area (TPSA) is 24.5 Å². The maximum absolute atomic E-state index is 12.0. The zero-order valence-electron chi connectivity index (χ0n) is 10.8. The fraction of sp³-hybridized carbons (Fsp3) is 1.00. The van der Waals surface area contributed by atoms with Crippen molar-refractivity contribution < 1.29 is 17.9 Å². The Morgan fingerprint density at radius 1 is 1.24 bits per heavy atom. The SMILES string of the molecule is CC(C)OCCCNCCN(C)CC(F)(F)F. The standard InChI is InChI=1S/C11H23F3N2O/c1-10(2)17-8-4-5-15-6-7-16(3)9-11(12,13)14/h10,15H,4-9H2,1-3H3. The Bertz CT molecular complexity index is 186. The summed E-state index contributed by atoms with van der Waals surface area (Å²) in [6.45, 7) is 5.50. The first-order valence-electron chi connectivity index (χ1n) is 5.89. The Morgan fingerprint density at radius 2 is 1.88 bits per heavy atom. The van der Waals surface area contributed by atoms with E-state index in [1.807, 2.05) is 13.8 Å². The minimum absolute atomic E-state index is 0.230. The smallest absolute Gasteiger partial charge is 0.379 e. The minimum Gasteiger partial charge on any atom is -0.379 e. The molecule has 0 aliphatic carbocycles. The average Bonchev–Trinajstić information content (AvgIpc) is 2.12. The van der Waals surface area contributed by atoms with Crippen LogP contribution >= 0.6 is 0 Å². The molecule has 0 aromatic rings. The third-order valence-electron chi connectivity index (χ3n) is 2.07. The molecule has 0 aliphatic rings. The summed E-state index contributed by atoms with van der Waals surface area (Å²) in [7, 11) is 1.47. The molecular formula is C11H23F3N2O. The Morgan fingerprint density at radius 3 is 2.41 bits per heavy atom. The number of nitrogens with one attached hydrogen (secondary N) is 1.